The van der Waals surface area contributed by atoms with Gasteiger partial charge in [0.15, 0.2) is 0 Å². The van der Waals surface area contributed by atoms with Crippen LogP contribution in [0, 0.1) is 5.92 Å². The van der Waals surface area contributed by atoms with E-state index >= 15 is 0 Å². The molecule has 0 radical (unpaired) electrons. The first-order chi connectivity index (χ1) is 11.1. The molecule has 2 aliphatic carbocycles. The molecule has 0 aromatic carbocycles. The van der Waals surface area contributed by atoms with E-state index in [2.05, 4.69) is 9.80 Å². The van der Waals surface area contributed by atoms with Crippen molar-refractivity contribution in [1.82, 2.24) is 9.80 Å². The second kappa shape index (κ2) is 7.67. The van der Waals surface area contributed by atoms with Crippen LogP contribution in [0.15, 0.2) is 0 Å². The van der Waals surface area contributed by atoms with Gasteiger partial charge in [-0.25, -0.2) is 0 Å². The van der Waals surface area contributed by atoms with E-state index in [4.69, 9.17) is 0 Å². The molecule has 23 heavy (non-hydrogen) atoms. The van der Waals surface area contributed by atoms with Gasteiger partial charge in [0.25, 0.3) is 0 Å². The first-order valence-electron chi connectivity index (χ1n) is 9.72. The predicted octanol–water partition coefficient (Wildman–Crippen LogP) is 3.35. The third kappa shape index (κ3) is 4.07. The summed E-state index contributed by atoms with van der Waals surface area (Å²) in [7, 11) is 0. The van der Waals surface area contributed by atoms with Gasteiger partial charge in [0.05, 0.1) is 0 Å². The van der Waals surface area contributed by atoms with Crippen LogP contribution in [-0.4, -0.2) is 46.8 Å². The molecule has 0 spiro atoms. The molecule has 1 aliphatic heterocycles. The molecule has 3 rings (SSSR count). The molecule has 1 heterocycles. The molecular formula is C19H32N2O2. The summed E-state index contributed by atoms with van der Waals surface area (Å²) in [5.74, 6) is 1.38. The number of hydrogen-bond donors (Lipinski definition) is 0. The van der Waals surface area contributed by atoms with Crippen LogP contribution in [0.25, 0.3) is 0 Å². The number of carbonyl (C=O) groups is 2. The summed E-state index contributed by atoms with van der Waals surface area (Å²) in [6, 6.07) is 0.820. The van der Waals surface area contributed by atoms with Gasteiger partial charge in [-0.05, 0) is 50.9 Å². The van der Waals surface area contributed by atoms with Crippen LogP contribution < -0.4 is 0 Å². The quantitative estimate of drug-likeness (QED) is 0.779. The number of likely N-dealkylation sites (tertiary alicyclic amines) is 1. The smallest absolute Gasteiger partial charge is 0.222 e. The Kier molecular flexibility index (Phi) is 5.60. The number of hydrogen-bond acceptors (Lipinski definition) is 2. The summed E-state index contributed by atoms with van der Waals surface area (Å²) < 4.78 is 0. The average molecular weight is 320 g/mol. The van der Waals surface area contributed by atoms with Gasteiger partial charge >= 0.3 is 0 Å². The number of rotatable bonds is 5. The topological polar surface area (TPSA) is 40.6 Å². The Bertz CT molecular complexity index is 429. The molecule has 4 heteroatoms. The molecule has 0 unspecified atom stereocenters. The number of amides is 2. The fraction of sp³-hybridized carbons (Fsp3) is 0.895. The third-order valence-electron chi connectivity index (χ3n) is 6.27. The Balaban J connectivity index is 1.49. The van der Waals surface area contributed by atoms with Gasteiger partial charge in [-0.2, -0.15) is 0 Å². The van der Waals surface area contributed by atoms with Crippen LogP contribution in [0.5, 0.6) is 0 Å². The summed E-state index contributed by atoms with van der Waals surface area (Å²) >= 11 is 0. The van der Waals surface area contributed by atoms with Gasteiger partial charge in [-0.3, -0.25) is 9.59 Å². The minimum atomic E-state index is 0.226. The summed E-state index contributed by atoms with van der Waals surface area (Å²) in [4.78, 5) is 28.7. The van der Waals surface area contributed by atoms with Gasteiger partial charge in [0.1, 0.15) is 0 Å². The predicted molar refractivity (Wildman–Crippen MR) is 91.0 cm³/mol. The fourth-order valence-corrected chi connectivity index (χ4v) is 4.35. The Hall–Kier alpha value is -1.06. The molecule has 2 amide bonds. The van der Waals surface area contributed by atoms with Crippen molar-refractivity contribution >= 4 is 11.8 Å². The zero-order valence-corrected chi connectivity index (χ0v) is 14.6. The van der Waals surface area contributed by atoms with Crippen molar-refractivity contribution in [3.63, 3.8) is 0 Å². The lowest BCUT2D eigenvalue weighted by molar-refractivity contribution is -0.136. The molecule has 1 saturated heterocycles. The average Bonchev–Trinajstić information content (AvgIpc) is 2.66. The van der Waals surface area contributed by atoms with E-state index in [9.17, 15) is 9.59 Å². The lowest BCUT2D eigenvalue weighted by Gasteiger charge is -2.42. The molecule has 130 valence electrons. The van der Waals surface area contributed by atoms with Gasteiger partial charge in [0, 0.05) is 38.5 Å². The number of carbonyl (C=O) groups excluding carboxylic acids is 2. The van der Waals surface area contributed by atoms with Crippen molar-refractivity contribution in [2.24, 2.45) is 5.92 Å². The van der Waals surface area contributed by atoms with Crippen LogP contribution in [0.1, 0.15) is 77.6 Å². The van der Waals surface area contributed by atoms with Crippen LogP contribution in [0.4, 0.5) is 0 Å². The SMILES string of the molecule is CC(=O)N(C1CCC1)[C@H]1CCCN(C(=O)CCC2CCC2)CC1. The fourth-order valence-electron chi connectivity index (χ4n) is 4.35. The maximum atomic E-state index is 12.5. The highest BCUT2D eigenvalue weighted by molar-refractivity contribution is 5.76. The van der Waals surface area contributed by atoms with E-state index in [1.165, 1.54) is 38.5 Å². The minimum absolute atomic E-state index is 0.226. The summed E-state index contributed by atoms with van der Waals surface area (Å²) in [6.07, 6.45) is 12.5. The molecule has 4 nitrogen and oxygen atoms in total. The zero-order chi connectivity index (χ0) is 16.2. The highest BCUT2D eigenvalue weighted by atomic mass is 16.2. The standard InChI is InChI=1S/C19H32N2O2/c1-15(22)21(17-7-3-8-17)18-9-4-13-20(14-12-18)19(23)11-10-16-5-2-6-16/h16-18H,2-14H2,1H3/t18-/m0/s1. The molecule has 3 aliphatic rings. The van der Waals surface area contributed by atoms with Crippen molar-refractivity contribution in [1.29, 1.82) is 0 Å². The van der Waals surface area contributed by atoms with Crippen LogP contribution in [0.2, 0.25) is 0 Å². The maximum absolute atomic E-state index is 12.5. The van der Waals surface area contributed by atoms with Gasteiger partial charge in [-0.15, -0.1) is 0 Å². The highest BCUT2D eigenvalue weighted by Gasteiger charge is 2.33. The van der Waals surface area contributed by atoms with Gasteiger partial charge in [0.2, 0.25) is 11.8 Å². The van der Waals surface area contributed by atoms with Crippen LogP contribution >= 0.6 is 0 Å². The van der Waals surface area contributed by atoms with E-state index < -0.39 is 0 Å². The minimum Gasteiger partial charge on any atom is -0.343 e. The molecule has 0 bridgehead atoms. The Morgan fingerprint density at radius 2 is 1.57 bits per heavy atom. The van der Waals surface area contributed by atoms with Gasteiger partial charge in [-0.1, -0.05) is 19.3 Å². The summed E-state index contributed by atoms with van der Waals surface area (Å²) in [5, 5.41) is 0. The van der Waals surface area contributed by atoms with Crippen LogP contribution in [-0.2, 0) is 9.59 Å². The Labute approximate surface area is 140 Å². The monoisotopic (exact) mass is 320 g/mol. The van der Waals surface area contributed by atoms with E-state index in [-0.39, 0.29) is 5.91 Å². The lowest BCUT2D eigenvalue weighted by atomic mass is 9.82. The van der Waals surface area contributed by atoms with Crippen molar-refractivity contribution in [3.8, 4) is 0 Å². The third-order valence-corrected chi connectivity index (χ3v) is 6.27. The van der Waals surface area contributed by atoms with Crippen LogP contribution in [0.3, 0.4) is 0 Å². The van der Waals surface area contributed by atoms with Crippen molar-refractivity contribution in [3.05, 3.63) is 0 Å². The molecule has 0 aromatic rings. The molecule has 0 N–H and O–H groups in total. The first kappa shape index (κ1) is 16.8. The van der Waals surface area contributed by atoms with Crippen molar-refractivity contribution < 1.29 is 9.59 Å². The Morgan fingerprint density at radius 1 is 0.913 bits per heavy atom. The second-order valence-corrected chi connectivity index (χ2v) is 7.81. The Morgan fingerprint density at radius 3 is 2.13 bits per heavy atom. The number of nitrogens with zero attached hydrogens (tertiary/aromatic N) is 2. The van der Waals surface area contributed by atoms with E-state index in [0.29, 0.717) is 18.0 Å². The normalized spacial score (nSPS) is 26.1. The van der Waals surface area contributed by atoms with E-state index in [1.807, 2.05) is 0 Å². The summed E-state index contributed by atoms with van der Waals surface area (Å²) in [5.41, 5.74) is 0. The lowest BCUT2D eigenvalue weighted by Crippen LogP contribution is -2.49. The van der Waals surface area contributed by atoms with E-state index in [1.54, 1.807) is 6.92 Å². The van der Waals surface area contributed by atoms with Crippen molar-refractivity contribution in [2.75, 3.05) is 13.1 Å². The molecular weight excluding hydrogens is 288 g/mol. The zero-order valence-electron chi connectivity index (χ0n) is 14.6. The molecule has 1 atom stereocenters. The molecule has 3 fully saturated rings. The summed E-state index contributed by atoms with van der Waals surface area (Å²) in [6.45, 7) is 3.44. The second-order valence-electron chi connectivity index (χ2n) is 7.81. The largest absolute Gasteiger partial charge is 0.343 e. The highest BCUT2D eigenvalue weighted by Crippen LogP contribution is 2.32. The maximum Gasteiger partial charge on any atom is 0.222 e. The first-order valence-corrected chi connectivity index (χ1v) is 9.72. The molecule has 2 saturated carbocycles. The van der Waals surface area contributed by atoms with Gasteiger partial charge < -0.3 is 9.80 Å². The van der Waals surface area contributed by atoms with Crippen molar-refractivity contribution in [2.45, 2.75) is 89.6 Å². The molecule has 0 aromatic heterocycles. The van der Waals surface area contributed by atoms with E-state index in [0.717, 1.165) is 51.1 Å².